The Morgan fingerprint density at radius 3 is 3.00 bits per heavy atom. The summed E-state index contributed by atoms with van der Waals surface area (Å²) in [5.41, 5.74) is 1.09. The molecule has 0 radical (unpaired) electrons. The molecule has 0 fully saturated rings. The van der Waals surface area contributed by atoms with Gasteiger partial charge in [-0.25, -0.2) is 0 Å². The third kappa shape index (κ3) is 1.68. The molecule has 1 aliphatic rings. The summed E-state index contributed by atoms with van der Waals surface area (Å²) in [5, 5.41) is -0.531. The van der Waals surface area contributed by atoms with Crippen molar-refractivity contribution in [2.24, 2.45) is 0 Å². The van der Waals surface area contributed by atoms with E-state index >= 15 is 0 Å². The Balaban J connectivity index is 2.27. The van der Waals surface area contributed by atoms with Crippen LogP contribution in [0.3, 0.4) is 0 Å². The summed E-state index contributed by atoms with van der Waals surface area (Å²) in [5.74, 6) is 1.24. The van der Waals surface area contributed by atoms with Crippen molar-refractivity contribution in [3.8, 4) is 11.5 Å². The molecule has 1 heterocycles. The monoisotopic (exact) mass is 212 g/mol. The van der Waals surface area contributed by atoms with Gasteiger partial charge in [0.25, 0.3) is 5.24 Å². The van der Waals surface area contributed by atoms with E-state index in [4.69, 9.17) is 21.1 Å². The fourth-order valence-electron chi connectivity index (χ4n) is 1.29. The molecule has 14 heavy (non-hydrogen) atoms. The van der Waals surface area contributed by atoms with E-state index in [0.717, 1.165) is 5.56 Å². The lowest BCUT2D eigenvalue weighted by Crippen LogP contribution is -2.33. The van der Waals surface area contributed by atoms with Crippen LogP contribution in [0.2, 0.25) is 0 Å². The second-order valence-electron chi connectivity index (χ2n) is 3.17. The van der Waals surface area contributed by atoms with Crippen molar-refractivity contribution in [3.63, 3.8) is 0 Å². The summed E-state index contributed by atoms with van der Waals surface area (Å²) >= 11 is 5.31. The van der Waals surface area contributed by atoms with Gasteiger partial charge in [0.1, 0.15) is 6.61 Å². The van der Waals surface area contributed by atoms with Crippen LogP contribution in [0.4, 0.5) is 0 Å². The standard InChI is InChI=1S/C10H9ClO3/c1-6-2-3-7-8(4-6)13-5-9(14-7)10(11)12/h2-4,9H,5H2,1H3. The minimum absolute atomic E-state index is 0.179. The number of fused-ring (bicyclic) bond motifs is 1. The molecule has 1 aromatic carbocycles. The minimum Gasteiger partial charge on any atom is -0.485 e. The largest absolute Gasteiger partial charge is 0.485 e. The minimum atomic E-state index is -0.688. The van der Waals surface area contributed by atoms with E-state index in [-0.39, 0.29) is 6.61 Å². The summed E-state index contributed by atoms with van der Waals surface area (Å²) in [4.78, 5) is 10.8. The average molecular weight is 213 g/mol. The van der Waals surface area contributed by atoms with Gasteiger partial charge in [0.05, 0.1) is 0 Å². The molecule has 74 valence electrons. The van der Waals surface area contributed by atoms with E-state index < -0.39 is 11.3 Å². The zero-order chi connectivity index (χ0) is 10.1. The summed E-state index contributed by atoms with van der Waals surface area (Å²) in [6, 6.07) is 5.53. The number of carbonyl (C=O) groups excluding carboxylic acids is 1. The van der Waals surface area contributed by atoms with E-state index in [9.17, 15) is 4.79 Å². The van der Waals surface area contributed by atoms with Crippen molar-refractivity contribution >= 4 is 16.8 Å². The highest BCUT2D eigenvalue weighted by molar-refractivity contribution is 6.64. The van der Waals surface area contributed by atoms with Gasteiger partial charge in [-0.3, -0.25) is 4.79 Å². The topological polar surface area (TPSA) is 35.5 Å². The number of aryl methyl sites for hydroxylation is 1. The first-order chi connectivity index (χ1) is 6.66. The molecule has 3 nitrogen and oxygen atoms in total. The Bertz CT molecular complexity index is 376. The highest BCUT2D eigenvalue weighted by Crippen LogP contribution is 2.32. The summed E-state index contributed by atoms with van der Waals surface area (Å²) < 4.78 is 10.7. The lowest BCUT2D eigenvalue weighted by Gasteiger charge is -2.24. The second-order valence-corrected chi connectivity index (χ2v) is 3.54. The van der Waals surface area contributed by atoms with Gasteiger partial charge < -0.3 is 9.47 Å². The van der Waals surface area contributed by atoms with Gasteiger partial charge in [-0.1, -0.05) is 6.07 Å². The average Bonchev–Trinajstić information content (AvgIpc) is 2.16. The molecular weight excluding hydrogens is 204 g/mol. The Kier molecular flexibility index (Phi) is 2.33. The van der Waals surface area contributed by atoms with Crippen LogP contribution in [0.25, 0.3) is 0 Å². The maximum atomic E-state index is 10.8. The fourth-order valence-corrected chi connectivity index (χ4v) is 1.40. The van der Waals surface area contributed by atoms with Crippen molar-refractivity contribution < 1.29 is 14.3 Å². The number of carbonyl (C=O) groups is 1. The van der Waals surface area contributed by atoms with Crippen LogP contribution in [-0.4, -0.2) is 18.0 Å². The van der Waals surface area contributed by atoms with Gasteiger partial charge in [-0.05, 0) is 36.2 Å². The molecule has 1 aromatic rings. The summed E-state index contributed by atoms with van der Waals surface area (Å²) in [6.07, 6.45) is -0.688. The molecule has 2 rings (SSSR count). The first kappa shape index (κ1) is 9.34. The summed E-state index contributed by atoms with van der Waals surface area (Å²) in [7, 11) is 0. The van der Waals surface area contributed by atoms with Gasteiger partial charge >= 0.3 is 0 Å². The molecule has 0 bridgehead atoms. The highest BCUT2D eigenvalue weighted by Gasteiger charge is 2.25. The predicted molar refractivity (Wildman–Crippen MR) is 52.0 cm³/mol. The second kappa shape index (κ2) is 3.50. The van der Waals surface area contributed by atoms with Crippen LogP contribution in [0.5, 0.6) is 11.5 Å². The Morgan fingerprint density at radius 1 is 1.50 bits per heavy atom. The smallest absolute Gasteiger partial charge is 0.265 e. The molecule has 0 aliphatic carbocycles. The number of halogens is 1. The molecular formula is C10H9ClO3. The number of hydrogen-bond donors (Lipinski definition) is 0. The van der Waals surface area contributed by atoms with Crippen molar-refractivity contribution in [2.75, 3.05) is 6.61 Å². The maximum absolute atomic E-state index is 10.8. The first-order valence-corrected chi connectivity index (χ1v) is 4.64. The van der Waals surface area contributed by atoms with Crippen LogP contribution in [-0.2, 0) is 4.79 Å². The molecule has 0 spiro atoms. The van der Waals surface area contributed by atoms with E-state index in [1.54, 1.807) is 6.07 Å². The molecule has 1 atom stereocenters. The molecule has 0 amide bonds. The maximum Gasteiger partial charge on any atom is 0.265 e. The van der Waals surface area contributed by atoms with E-state index in [1.165, 1.54) is 0 Å². The molecule has 1 aliphatic heterocycles. The third-order valence-corrected chi connectivity index (χ3v) is 2.26. The van der Waals surface area contributed by atoms with Crippen LogP contribution in [0, 0.1) is 6.92 Å². The molecule has 4 heteroatoms. The van der Waals surface area contributed by atoms with Gasteiger partial charge in [-0.2, -0.15) is 0 Å². The SMILES string of the molecule is Cc1ccc2c(c1)OCC(C(=O)Cl)O2. The Labute approximate surface area is 86.6 Å². The molecule has 0 N–H and O–H groups in total. The lowest BCUT2D eigenvalue weighted by molar-refractivity contribution is -0.120. The van der Waals surface area contributed by atoms with E-state index in [0.29, 0.717) is 11.5 Å². The van der Waals surface area contributed by atoms with Gasteiger partial charge in [0, 0.05) is 0 Å². The quantitative estimate of drug-likeness (QED) is 0.667. The lowest BCUT2D eigenvalue weighted by atomic mass is 10.2. The highest BCUT2D eigenvalue weighted by atomic mass is 35.5. The van der Waals surface area contributed by atoms with Gasteiger partial charge in [-0.15, -0.1) is 0 Å². The van der Waals surface area contributed by atoms with Gasteiger partial charge in [0.15, 0.2) is 11.5 Å². The Morgan fingerprint density at radius 2 is 2.29 bits per heavy atom. The third-order valence-electron chi connectivity index (χ3n) is 2.01. The van der Waals surface area contributed by atoms with Crippen LogP contribution >= 0.6 is 11.6 Å². The number of rotatable bonds is 1. The number of hydrogen-bond acceptors (Lipinski definition) is 3. The van der Waals surface area contributed by atoms with Crippen LogP contribution in [0.1, 0.15) is 5.56 Å². The molecule has 1 unspecified atom stereocenters. The summed E-state index contributed by atoms with van der Waals surface area (Å²) in [6.45, 7) is 2.14. The Hall–Kier alpha value is -1.22. The number of ether oxygens (including phenoxy) is 2. The predicted octanol–water partition coefficient (Wildman–Crippen LogP) is 1.90. The zero-order valence-electron chi connectivity index (χ0n) is 7.62. The molecule has 0 aromatic heterocycles. The zero-order valence-corrected chi connectivity index (χ0v) is 8.38. The normalized spacial score (nSPS) is 19.1. The molecule has 0 saturated heterocycles. The van der Waals surface area contributed by atoms with Crippen molar-refractivity contribution in [2.45, 2.75) is 13.0 Å². The van der Waals surface area contributed by atoms with Crippen molar-refractivity contribution in [1.29, 1.82) is 0 Å². The first-order valence-electron chi connectivity index (χ1n) is 4.26. The van der Waals surface area contributed by atoms with Crippen LogP contribution < -0.4 is 9.47 Å². The van der Waals surface area contributed by atoms with Crippen molar-refractivity contribution in [1.82, 2.24) is 0 Å². The molecule has 0 saturated carbocycles. The fraction of sp³-hybridized carbons (Fsp3) is 0.300. The van der Waals surface area contributed by atoms with E-state index in [1.807, 2.05) is 19.1 Å². The van der Waals surface area contributed by atoms with Gasteiger partial charge in [0.2, 0.25) is 6.10 Å². The number of benzene rings is 1. The van der Waals surface area contributed by atoms with E-state index in [2.05, 4.69) is 0 Å². The van der Waals surface area contributed by atoms with Crippen LogP contribution in [0.15, 0.2) is 18.2 Å². The van der Waals surface area contributed by atoms with Crippen molar-refractivity contribution in [3.05, 3.63) is 23.8 Å².